The van der Waals surface area contributed by atoms with E-state index >= 15 is 0 Å². The Labute approximate surface area is 136 Å². The fourth-order valence-electron chi connectivity index (χ4n) is 2.43. The molecule has 5 heteroatoms. The minimum atomic E-state index is -0.134. The Morgan fingerprint density at radius 2 is 2.09 bits per heavy atom. The maximum atomic E-state index is 12.3. The normalized spacial score (nSPS) is 12.0. The Hall–Kier alpha value is -1.94. The van der Waals surface area contributed by atoms with Gasteiger partial charge >= 0.3 is 6.03 Å². The van der Waals surface area contributed by atoms with Crippen LogP contribution in [0.25, 0.3) is 0 Å². The third kappa shape index (κ3) is 4.04. The van der Waals surface area contributed by atoms with E-state index in [0.717, 1.165) is 22.6 Å². The number of halogens is 1. The summed E-state index contributed by atoms with van der Waals surface area (Å²) in [5.74, 6) is 1.68. The number of urea groups is 1. The Morgan fingerprint density at radius 3 is 2.68 bits per heavy atom. The van der Waals surface area contributed by atoms with E-state index < -0.39 is 0 Å². The first-order chi connectivity index (χ1) is 10.4. The number of nitrogens with zero attached hydrogens (tertiary/aromatic N) is 1. The number of amides is 2. The molecule has 1 heterocycles. The molecule has 4 nitrogen and oxygen atoms in total. The van der Waals surface area contributed by atoms with Gasteiger partial charge < -0.3 is 14.6 Å². The van der Waals surface area contributed by atoms with Crippen molar-refractivity contribution in [2.24, 2.45) is 0 Å². The van der Waals surface area contributed by atoms with Crippen LogP contribution in [0.5, 0.6) is 0 Å². The first-order valence-electron chi connectivity index (χ1n) is 7.20. The van der Waals surface area contributed by atoms with Crippen LogP contribution < -0.4 is 5.32 Å². The van der Waals surface area contributed by atoms with Crippen LogP contribution in [0.3, 0.4) is 0 Å². The average Bonchev–Trinajstić information content (AvgIpc) is 2.77. The summed E-state index contributed by atoms with van der Waals surface area (Å²) < 4.78 is 5.51. The van der Waals surface area contributed by atoms with Crippen LogP contribution >= 0.6 is 11.6 Å². The van der Waals surface area contributed by atoms with Crippen LogP contribution in [-0.4, -0.2) is 18.0 Å². The minimum Gasteiger partial charge on any atom is -0.466 e. The number of furan rings is 1. The van der Waals surface area contributed by atoms with E-state index in [9.17, 15) is 4.79 Å². The van der Waals surface area contributed by atoms with Gasteiger partial charge in [-0.1, -0.05) is 23.7 Å². The summed E-state index contributed by atoms with van der Waals surface area (Å²) in [5, 5.41) is 3.65. The van der Waals surface area contributed by atoms with E-state index in [0.29, 0.717) is 11.6 Å². The highest BCUT2D eigenvalue weighted by atomic mass is 35.5. The van der Waals surface area contributed by atoms with Crippen molar-refractivity contribution < 1.29 is 9.21 Å². The molecule has 118 valence electrons. The molecule has 1 N–H and O–H groups in total. The number of rotatable bonds is 4. The van der Waals surface area contributed by atoms with Crippen molar-refractivity contribution in [3.8, 4) is 0 Å². The van der Waals surface area contributed by atoms with Crippen LogP contribution in [-0.2, 0) is 6.54 Å². The van der Waals surface area contributed by atoms with E-state index in [4.69, 9.17) is 16.0 Å². The van der Waals surface area contributed by atoms with Gasteiger partial charge in [-0.25, -0.2) is 4.79 Å². The van der Waals surface area contributed by atoms with Crippen LogP contribution in [0.15, 0.2) is 34.7 Å². The molecule has 22 heavy (non-hydrogen) atoms. The molecular formula is C17H21ClN2O2. The van der Waals surface area contributed by atoms with Crippen molar-refractivity contribution in [2.75, 3.05) is 7.05 Å². The molecule has 1 aromatic heterocycles. The Kier molecular flexibility index (Phi) is 5.14. The lowest BCUT2D eigenvalue weighted by Crippen LogP contribution is -2.38. The molecule has 0 saturated carbocycles. The van der Waals surface area contributed by atoms with Gasteiger partial charge in [0.15, 0.2) is 0 Å². The lowest BCUT2D eigenvalue weighted by atomic mass is 10.1. The van der Waals surface area contributed by atoms with Crippen LogP contribution in [0.2, 0.25) is 5.02 Å². The van der Waals surface area contributed by atoms with Crippen molar-refractivity contribution in [3.05, 3.63) is 58.0 Å². The van der Waals surface area contributed by atoms with E-state index in [-0.39, 0.29) is 12.1 Å². The maximum absolute atomic E-state index is 12.3. The van der Waals surface area contributed by atoms with Gasteiger partial charge in [0.2, 0.25) is 0 Å². The highest BCUT2D eigenvalue weighted by molar-refractivity contribution is 6.30. The Bertz CT molecular complexity index is 666. The number of nitrogens with one attached hydrogen (secondary N) is 1. The standard InChI is InChI=1S/C17H21ClN2O2/c1-11-8-16(13(3)22-11)12(2)19-17(21)20(4)10-14-6-5-7-15(18)9-14/h5-9,12H,10H2,1-4H3,(H,19,21). The fourth-order valence-corrected chi connectivity index (χ4v) is 2.65. The van der Waals surface area contributed by atoms with Crippen molar-refractivity contribution >= 4 is 17.6 Å². The maximum Gasteiger partial charge on any atom is 0.317 e. The van der Waals surface area contributed by atoms with Crippen LogP contribution in [0.4, 0.5) is 4.79 Å². The molecule has 2 rings (SSSR count). The van der Waals surface area contributed by atoms with Gasteiger partial charge in [-0.2, -0.15) is 0 Å². The van der Waals surface area contributed by atoms with Crippen molar-refractivity contribution in [2.45, 2.75) is 33.4 Å². The molecule has 0 spiro atoms. The predicted octanol–water partition coefficient (Wildman–Crippen LogP) is 4.45. The van der Waals surface area contributed by atoms with Gasteiger partial charge in [0.25, 0.3) is 0 Å². The summed E-state index contributed by atoms with van der Waals surface area (Å²) in [7, 11) is 1.76. The van der Waals surface area contributed by atoms with Gasteiger partial charge in [-0.15, -0.1) is 0 Å². The molecule has 2 amide bonds. The van der Waals surface area contributed by atoms with Gasteiger partial charge in [-0.05, 0) is 44.5 Å². The molecule has 0 aliphatic heterocycles. The zero-order valence-electron chi connectivity index (χ0n) is 13.3. The number of hydrogen-bond donors (Lipinski definition) is 1. The van der Waals surface area contributed by atoms with E-state index in [1.54, 1.807) is 11.9 Å². The van der Waals surface area contributed by atoms with Crippen molar-refractivity contribution in [3.63, 3.8) is 0 Å². The Balaban J connectivity index is 1.97. The SMILES string of the molecule is Cc1cc(C(C)NC(=O)N(C)Cc2cccc(Cl)c2)c(C)o1. The number of hydrogen-bond acceptors (Lipinski definition) is 2. The fraction of sp³-hybridized carbons (Fsp3) is 0.353. The second-order valence-electron chi connectivity index (χ2n) is 5.53. The monoisotopic (exact) mass is 320 g/mol. The average molecular weight is 321 g/mol. The number of carbonyl (C=O) groups is 1. The largest absolute Gasteiger partial charge is 0.466 e. The van der Waals surface area contributed by atoms with E-state index in [1.807, 2.05) is 51.1 Å². The first-order valence-corrected chi connectivity index (χ1v) is 7.57. The quantitative estimate of drug-likeness (QED) is 0.904. The zero-order valence-corrected chi connectivity index (χ0v) is 14.1. The lowest BCUT2D eigenvalue weighted by molar-refractivity contribution is 0.203. The second kappa shape index (κ2) is 6.88. The number of carbonyl (C=O) groups excluding carboxylic acids is 1. The molecule has 0 fully saturated rings. The molecule has 2 aromatic rings. The zero-order chi connectivity index (χ0) is 16.3. The Morgan fingerprint density at radius 1 is 1.36 bits per heavy atom. The molecule has 0 bridgehead atoms. The van der Waals surface area contributed by atoms with Crippen LogP contribution in [0.1, 0.15) is 35.6 Å². The van der Waals surface area contributed by atoms with Gasteiger partial charge in [0.1, 0.15) is 11.5 Å². The molecule has 1 atom stereocenters. The summed E-state index contributed by atoms with van der Waals surface area (Å²) >= 11 is 5.96. The smallest absolute Gasteiger partial charge is 0.317 e. The minimum absolute atomic E-state index is 0.105. The first kappa shape index (κ1) is 16.4. The lowest BCUT2D eigenvalue weighted by Gasteiger charge is -2.21. The number of aryl methyl sites for hydroxylation is 2. The highest BCUT2D eigenvalue weighted by Crippen LogP contribution is 2.21. The number of benzene rings is 1. The van der Waals surface area contributed by atoms with Gasteiger partial charge in [-0.3, -0.25) is 0 Å². The molecule has 0 aliphatic carbocycles. The summed E-state index contributed by atoms with van der Waals surface area (Å²) in [6.07, 6.45) is 0. The molecule has 1 unspecified atom stereocenters. The third-order valence-electron chi connectivity index (χ3n) is 3.54. The molecule has 0 saturated heterocycles. The summed E-state index contributed by atoms with van der Waals surface area (Å²) in [6.45, 7) is 6.25. The van der Waals surface area contributed by atoms with E-state index in [2.05, 4.69) is 5.32 Å². The molecule has 1 aromatic carbocycles. The topological polar surface area (TPSA) is 45.5 Å². The van der Waals surface area contributed by atoms with Crippen LogP contribution in [0, 0.1) is 13.8 Å². The second-order valence-corrected chi connectivity index (χ2v) is 5.96. The third-order valence-corrected chi connectivity index (χ3v) is 3.78. The predicted molar refractivity (Wildman–Crippen MR) is 88.0 cm³/mol. The van der Waals surface area contributed by atoms with E-state index in [1.165, 1.54) is 0 Å². The summed E-state index contributed by atoms with van der Waals surface area (Å²) in [6, 6.07) is 9.22. The summed E-state index contributed by atoms with van der Waals surface area (Å²) in [5.41, 5.74) is 2.00. The highest BCUT2D eigenvalue weighted by Gasteiger charge is 2.17. The molecule has 0 radical (unpaired) electrons. The molecule has 0 aliphatic rings. The van der Waals surface area contributed by atoms with Crippen molar-refractivity contribution in [1.29, 1.82) is 0 Å². The van der Waals surface area contributed by atoms with Gasteiger partial charge in [0.05, 0.1) is 6.04 Å². The van der Waals surface area contributed by atoms with Gasteiger partial charge in [0, 0.05) is 24.2 Å². The van der Waals surface area contributed by atoms with Crippen molar-refractivity contribution in [1.82, 2.24) is 10.2 Å². The summed E-state index contributed by atoms with van der Waals surface area (Å²) in [4.78, 5) is 13.9. The molecular weight excluding hydrogens is 300 g/mol.